The molecule has 30 heavy (non-hydrogen) atoms. The first-order valence-corrected chi connectivity index (χ1v) is 10.6. The summed E-state index contributed by atoms with van der Waals surface area (Å²) in [5.74, 6) is 0.131. The second kappa shape index (κ2) is 10.5. The van der Waals surface area contributed by atoms with E-state index in [1.165, 1.54) is 0 Å². The van der Waals surface area contributed by atoms with Crippen molar-refractivity contribution in [2.24, 2.45) is 0 Å². The van der Waals surface area contributed by atoms with E-state index in [1.54, 1.807) is 49.6 Å². The van der Waals surface area contributed by atoms with E-state index in [2.05, 4.69) is 31.9 Å². The summed E-state index contributed by atoms with van der Waals surface area (Å²) in [7, 11) is 1.55. The molecular formula is C21H22BrN3O4S. The molecule has 3 N–H and O–H groups in total. The molecule has 2 aromatic rings. The van der Waals surface area contributed by atoms with Crippen LogP contribution in [0.4, 0.5) is 5.69 Å². The number of amides is 2. The van der Waals surface area contributed by atoms with Gasteiger partial charge in [-0.3, -0.25) is 14.9 Å². The quantitative estimate of drug-likeness (QED) is 0.536. The molecule has 1 aliphatic heterocycles. The predicted molar refractivity (Wildman–Crippen MR) is 122 cm³/mol. The third-order valence-corrected chi connectivity index (χ3v) is 5.38. The molecule has 2 amide bonds. The lowest BCUT2D eigenvalue weighted by atomic mass is 10.2. The average molecular weight is 492 g/mol. The van der Waals surface area contributed by atoms with Crippen molar-refractivity contribution in [1.82, 2.24) is 10.6 Å². The minimum atomic E-state index is -0.346. The van der Waals surface area contributed by atoms with E-state index in [1.807, 2.05) is 0 Å². The number of thiocarbonyl (C=S) groups is 1. The van der Waals surface area contributed by atoms with Gasteiger partial charge in [-0.1, -0.05) is 0 Å². The van der Waals surface area contributed by atoms with Crippen molar-refractivity contribution in [2.75, 3.05) is 25.6 Å². The van der Waals surface area contributed by atoms with Crippen molar-refractivity contribution < 1.29 is 19.1 Å². The summed E-state index contributed by atoms with van der Waals surface area (Å²) in [5, 5.41) is 8.59. The lowest BCUT2D eigenvalue weighted by Gasteiger charge is -2.12. The van der Waals surface area contributed by atoms with Crippen molar-refractivity contribution >= 4 is 50.8 Å². The second-order valence-corrected chi connectivity index (χ2v) is 7.94. The largest absolute Gasteiger partial charge is 0.496 e. The number of rotatable bonds is 6. The van der Waals surface area contributed by atoms with Crippen LogP contribution in [0.15, 0.2) is 46.9 Å². The van der Waals surface area contributed by atoms with Crippen molar-refractivity contribution in [2.45, 2.75) is 18.9 Å². The molecule has 0 bridgehead atoms. The number of hydrogen-bond acceptors (Lipinski definition) is 5. The molecule has 0 saturated carbocycles. The van der Waals surface area contributed by atoms with Crippen molar-refractivity contribution in [3.63, 3.8) is 0 Å². The van der Waals surface area contributed by atoms with Crippen LogP contribution in [0.3, 0.4) is 0 Å². The summed E-state index contributed by atoms with van der Waals surface area (Å²) in [5.41, 5.74) is 1.63. The summed E-state index contributed by atoms with van der Waals surface area (Å²) < 4.78 is 11.3. The minimum Gasteiger partial charge on any atom is -0.496 e. The molecule has 158 valence electrons. The van der Waals surface area contributed by atoms with Gasteiger partial charge in [0.25, 0.3) is 11.8 Å². The molecule has 1 saturated heterocycles. The Labute approximate surface area is 188 Å². The first kappa shape index (κ1) is 22.2. The van der Waals surface area contributed by atoms with E-state index >= 15 is 0 Å². The van der Waals surface area contributed by atoms with Crippen molar-refractivity contribution in [1.29, 1.82) is 0 Å². The topological polar surface area (TPSA) is 88.7 Å². The summed E-state index contributed by atoms with van der Waals surface area (Å²) in [4.78, 5) is 24.6. The van der Waals surface area contributed by atoms with Crippen LogP contribution in [-0.2, 0) is 4.74 Å². The zero-order valence-electron chi connectivity index (χ0n) is 16.4. The fourth-order valence-electron chi connectivity index (χ4n) is 2.96. The Hall–Kier alpha value is -2.49. The average Bonchev–Trinajstić information content (AvgIpc) is 3.26. The Kier molecular flexibility index (Phi) is 7.78. The highest BCUT2D eigenvalue weighted by Gasteiger charge is 2.16. The van der Waals surface area contributed by atoms with Crippen LogP contribution in [0.2, 0.25) is 0 Å². The Morgan fingerprint density at radius 1 is 1.17 bits per heavy atom. The normalized spacial score (nSPS) is 15.3. The lowest BCUT2D eigenvalue weighted by molar-refractivity contribution is 0.0857. The predicted octanol–water partition coefficient (Wildman–Crippen LogP) is 3.49. The number of nitrogens with one attached hydrogen (secondary N) is 3. The first-order valence-electron chi connectivity index (χ1n) is 9.42. The third-order valence-electron chi connectivity index (χ3n) is 4.56. The first-order chi connectivity index (χ1) is 14.5. The Morgan fingerprint density at radius 2 is 1.90 bits per heavy atom. The van der Waals surface area contributed by atoms with Gasteiger partial charge in [-0.15, -0.1) is 0 Å². The lowest BCUT2D eigenvalue weighted by Crippen LogP contribution is -2.34. The number of ether oxygens (including phenoxy) is 2. The van der Waals surface area contributed by atoms with E-state index in [0.29, 0.717) is 33.6 Å². The van der Waals surface area contributed by atoms with Crippen LogP contribution in [0.1, 0.15) is 33.6 Å². The Bertz CT molecular complexity index is 930. The Morgan fingerprint density at radius 3 is 2.53 bits per heavy atom. The number of carbonyl (C=O) groups is 2. The summed E-state index contributed by atoms with van der Waals surface area (Å²) >= 11 is 8.56. The summed E-state index contributed by atoms with van der Waals surface area (Å²) in [6.07, 6.45) is 2.11. The fraction of sp³-hybridized carbons (Fsp3) is 0.286. The molecule has 1 fully saturated rings. The van der Waals surface area contributed by atoms with Gasteiger partial charge < -0.3 is 20.1 Å². The highest BCUT2D eigenvalue weighted by Crippen LogP contribution is 2.25. The molecule has 0 aromatic heterocycles. The third kappa shape index (κ3) is 6.01. The number of carbonyl (C=O) groups excluding carboxylic acids is 2. The monoisotopic (exact) mass is 491 g/mol. The standard InChI is InChI=1S/C21H22BrN3O4S/c1-28-18-9-6-14(11-17(18)22)20(27)25-21(30)24-15-7-4-13(5-8-15)19(26)23-12-16-3-2-10-29-16/h4-9,11,16H,2-3,10,12H2,1H3,(H,23,26)(H2,24,25,27,30). The second-order valence-electron chi connectivity index (χ2n) is 6.68. The molecule has 3 rings (SSSR count). The van der Waals surface area contributed by atoms with Crippen LogP contribution >= 0.6 is 28.1 Å². The Balaban J connectivity index is 1.50. The maximum atomic E-state index is 12.4. The fourth-order valence-corrected chi connectivity index (χ4v) is 3.72. The zero-order chi connectivity index (χ0) is 21.5. The molecule has 1 atom stereocenters. The number of halogens is 1. The molecule has 0 spiro atoms. The molecular weight excluding hydrogens is 470 g/mol. The van der Waals surface area contributed by atoms with Gasteiger partial charge in [0.15, 0.2) is 5.11 Å². The summed E-state index contributed by atoms with van der Waals surface area (Å²) in [6.45, 7) is 1.27. The van der Waals surface area contributed by atoms with Crippen LogP contribution in [-0.4, -0.2) is 43.3 Å². The molecule has 9 heteroatoms. The van der Waals surface area contributed by atoms with Gasteiger partial charge in [-0.25, -0.2) is 0 Å². The molecule has 1 aliphatic rings. The van der Waals surface area contributed by atoms with E-state index in [4.69, 9.17) is 21.7 Å². The highest BCUT2D eigenvalue weighted by atomic mass is 79.9. The number of methoxy groups -OCH3 is 1. The van der Waals surface area contributed by atoms with Gasteiger partial charge in [0.05, 0.1) is 17.7 Å². The van der Waals surface area contributed by atoms with E-state index in [0.717, 1.165) is 19.4 Å². The van der Waals surface area contributed by atoms with Gasteiger partial charge in [0, 0.05) is 30.0 Å². The van der Waals surface area contributed by atoms with Gasteiger partial charge in [0.1, 0.15) is 5.75 Å². The number of hydrogen-bond donors (Lipinski definition) is 3. The van der Waals surface area contributed by atoms with Gasteiger partial charge in [-0.05, 0) is 83.5 Å². The number of anilines is 1. The van der Waals surface area contributed by atoms with Crippen molar-refractivity contribution in [3.8, 4) is 5.75 Å². The van der Waals surface area contributed by atoms with Gasteiger partial charge in [0.2, 0.25) is 0 Å². The van der Waals surface area contributed by atoms with Crippen LogP contribution in [0, 0.1) is 0 Å². The van der Waals surface area contributed by atoms with E-state index < -0.39 is 0 Å². The SMILES string of the molecule is COc1ccc(C(=O)NC(=S)Nc2ccc(C(=O)NCC3CCCO3)cc2)cc1Br. The smallest absolute Gasteiger partial charge is 0.257 e. The highest BCUT2D eigenvalue weighted by molar-refractivity contribution is 9.10. The van der Waals surface area contributed by atoms with Crippen LogP contribution in [0.25, 0.3) is 0 Å². The summed E-state index contributed by atoms with van der Waals surface area (Å²) in [6, 6.07) is 11.8. The molecule has 2 aromatic carbocycles. The van der Waals surface area contributed by atoms with Crippen LogP contribution < -0.4 is 20.7 Å². The zero-order valence-corrected chi connectivity index (χ0v) is 18.8. The number of benzene rings is 2. The molecule has 7 nitrogen and oxygen atoms in total. The van der Waals surface area contributed by atoms with Gasteiger partial charge in [-0.2, -0.15) is 0 Å². The van der Waals surface area contributed by atoms with Gasteiger partial charge >= 0.3 is 0 Å². The molecule has 0 radical (unpaired) electrons. The maximum absolute atomic E-state index is 12.4. The van der Waals surface area contributed by atoms with E-state index in [-0.39, 0.29) is 23.0 Å². The maximum Gasteiger partial charge on any atom is 0.257 e. The molecule has 0 aliphatic carbocycles. The van der Waals surface area contributed by atoms with Crippen molar-refractivity contribution in [3.05, 3.63) is 58.1 Å². The minimum absolute atomic E-state index is 0.0993. The molecule has 1 unspecified atom stereocenters. The van der Waals surface area contributed by atoms with Crippen LogP contribution in [0.5, 0.6) is 5.75 Å². The molecule has 1 heterocycles. The van der Waals surface area contributed by atoms with E-state index in [9.17, 15) is 9.59 Å².